The van der Waals surface area contributed by atoms with Crippen LogP contribution in [0, 0.1) is 0 Å². The van der Waals surface area contributed by atoms with Crippen LogP contribution in [0.25, 0.3) is 0 Å². The average Bonchev–Trinajstić information content (AvgIpc) is 1.21. The maximum absolute atomic E-state index is 8.24. The molecule has 0 radical (unpaired) electrons. The van der Waals surface area contributed by atoms with Crippen molar-refractivity contribution in [1.29, 1.82) is 0 Å². The van der Waals surface area contributed by atoms with Crippen molar-refractivity contribution in [2.24, 2.45) is 0 Å². The predicted molar refractivity (Wildman–Crippen MR) is 39.6 cm³/mol. The molecule has 0 unspecified atom stereocenters. The summed E-state index contributed by atoms with van der Waals surface area (Å²) in [6.45, 7) is 1.72. The van der Waals surface area contributed by atoms with Crippen molar-refractivity contribution in [3.05, 3.63) is 12.0 Å². The number of allylic oxidation sites excluding steroid dienone is 1. The minimum Gasteiger partial charge on any atom is -0.481 e. The molecule has 0 atom stereocenters. The molecule has 0 heterocycles. The summed E-state index contributed by atoms with van der Waals surface area (Å²) in [5.41, 5.74) is 0. The Morgan fingerprint density at radius 2 is 1.88 bits per heavy atom. The molecule has 0 saturated carbocycles. The molecule has 0 aromatic rings. The van der Waals surface area contributed by atoms with Crippen LogP contribution in [0.1, 0.15) is 6.92 Å². The van der Waals surface area contributed by atoms with Gasteiger partial charge in [0.15, 0.2) is 0 Å². The smallest absolute Gasteiger partial charge is 0.272 e. The van der Waals surface area contributed by atoms with Crippen molar-refractivity contribution in [2.75, 3.05) is 0 Å². The lowest BCUT2D eigenvalue weighted by atomic mass is 10.5. The Balaban J connectivity index is 3.89. The summed E-state index contributed by atoms with van der Waals surface area (Å²) in [6, 6.07) is 0. The number of halogens is 2. The largest absolute Gasteiger partial charge is 0.481 e. The second kappa shape index (κ2) is 2.73. The highest BCUT2D eigenvalue weighted by Crippen LogP contribution is 2.26. The van der Waals surface area contributed by atoms with E-state index in [-0.39, 0.29) is 0 Å². The van der Waals surface area contributed by atoms with E-state index in [1.165, 1.54) is 6.08 Å². The Bertz CT molecular complexity index is 99.1. The highest BCUT2D eigenvalue weighted by Gasteiger charge is 2.11. The van der Waals surface area contributed by atoms with Crippen molar-refractivity contribution >= 4 is 31.9 Å². The summed E-state index contributed by atoms with van der Waals surface area (Å²) in [5.74, 6) is -0.693. The summed E-state index contributed by atoms with van der Waals surface area (Å²) in [4.78, 5) is 0. The average molecular weight is 246 g/mol. The molecule has 0 aromatic heterocycles. The number of aliphatic hydroxyl groups excluding tert-OH is 1. The van der Waals surface area contributed by atoms with Crippen molar-refractivity contribution in [1.82, 2.24) is 0 Å². The highest BCUT2D eigenvalue weighted by atomic mass is 79.9. The normalized spacial score (nSPS) is 10.9. The van der Waals surface area contributed by atoms with Crippen molar-refractivity contribution in [2.45, 2.75) is 10.2 Å². The Labute approximate surface area is 64.5 Å². The van der Waals surface area contributed by atoms with Gasteiger partial charge in [-0.05, 0) is 6.92 Å². The van der Waals surface area contributed by atoms with Crippen molar-refractivity contribution < 1.29 is 10.2 Å². The molecule has 0 aromatic carbocycles. The van der Waals surface area contributed by atoms with E-state index >= 15 is 0 Å². The lowest BCUT2D eigenvalue weighted by Gasteiger charge is -2.04. The van der Waals surface area contributed by atoms with E-state index in [1.807, 2.05) is 0 Å². The zero-order chi connectivity index (χ0) is 6.78. The van der Waals surface area contributed by atoms with Crippen LogP contribution in [0.5, 0.6) is 0 Å². The van der Waals surface area contributed by atoms with Crippen LogP contribution in [0.3, 0.4) is 0 Å². The molecule has 4 heteroatoms. The minimum absolute atomic E-state index is 0.515. The van der Waals surface area contributed by atoms with Crippen LogP contribution < -0.4 is 0 Å². The lowest BCUT2D eigenvalue weighted by molar-refractivity contribution is 0.189. The third kappa shape index (κ3) is 6.30. The van der Waals surface area contributed by atoms with E-state index in [1.54, 1.807) is 6.92 Å². The fourth-order valence-corrected chi connectivity index (χ4v) is 0.636. The van der Waals surface area contributed by atoms with E-state index in [0.717, 1.165) is 0 Å². The highest BCUT2D eigenvalue weighted by molar-refractivity contribution is 9.25. The zero-order valence-corrected chi connectivity index (χ0v) is 7.40. The van der Waals surface area contributed by atoms with Crippen LogP contribution in [0.4, 0.5) is 0 Å². The van der Waals surface area contributed by atoms with Crippen molar-refractivity contribution in [3.63, 3.8) is 0 Å². The molecule has 0 fully saturated rings. The Hall–Kier alpha value is 0.300. The molecule has 0 aliphatic carbocycles. The van der Waals surface area contributed by atoms with Gasteiger partial charge in [-0.15, -0.1) is 0 Å². The van der Waals surface area contributed by atoms with E-state index < -0.39 is 9.18 Å². The van der Waals surface area contributed by atoms with Gasteiger partial charge < -0.3 is 10.2 Å². The first-order valence-electron chi connectivity index (χ1n) is 1.90. The second-order valence-corrected chi connectivity index (χ2v) is 5.82. The molecule has 0 saturated heterocycles. The summed E-state index contributed by atoms with van der Waals surface area (Å²) >= 11 is 6.20. The third-order valence-corrected chi connectivity index (χ3v) is 0.840. The monoisotopic (exact) mass is 244 g/mol. The fraction of sp³-hybridized carbons (Fsp3) is 0.500. The molecule has 2 nitrogen and oxygen atoms in total. The Kier molecular flexibility index (Phi) is 2.83. The molecular formula is C4H6Br2O2. The van der Waals surface area contributed by atoms with Crippen LogP contribution in [0.2, 0.25) is 0 Å². The number of alkyl halides is 2. The first kappa shape index (κ1) is 8.30. The summed E-state index contributed by atoms with van der Waals surface area (Å²) in [6.07, 6.45) is 1.22. The van der Waals surface area contributed by atoms with Gasteiger partial charge in [0, 0.05) is 6.08 Å². The number of hydrogen-bond donors (Lipinski definition) is 2. The Morgan fingerprint density at radius 3 is 1.88 bits per heavy atom. The first-order chi connectivity index (χ1) is 3.42. The predicted octanol–water partition coefficient (Wildman–Crippen LogP) is 2.45. The molecule has 2 N–H and O–H groups in total. The Morgan fingerprint density at radius 1 is 1.50 bits per heavy atom. The van der Waals surface area contributed by atoms with E-state index in [2.05, 4.69) is 31.9 Å². The molecule has 8 heavy (non-hydrogen) atoms. The molecule has 0 aliphatic heterocycles. The van der Waals surface area contributed by atoms with Gasteiger partial charge in [-0.3, -0.25) is 0 Å². The van der Waals surface area contributed by atoms with Gasteiger partial charge in [-0.1, -0.05) is 31.9 Å². The molecule has 0 spiro atoms. The van der Waals surface area contributed by atoms with E-state index in [0.29, 0.717) is 0 Å². The van der Waals surface area contributed by atoms with Gasteiger partial charge in [0.25, 0.3) is 5.95 Å². The number of hydrogen-bond acceptors (Lipinski definition) is 2. The van der Waals surface area contributed by atoms with Gasteiger partial charge in [-0.25, -0.2) is 0 Å². The third-order valence-electron chi connectivity index (χ3n) is 0.383. The van der Waals surface area contributed by atoms with Crippen LogP contribution in [-0.2, 0) is 0 Å². The molecule has 0 bridgehead atoms. The van der Waals surface area contributed by atoms with Crippen LogP contribution in [0.15, 0.2) is 12.0 Å². The SMILES string of the molecule is CC(Br)(Br)C=C(O)O. The number of rotatable bonds is 1. The zero-order valence-electron chi connectivity index (χ0n) is 4.23. The van der Waals surface area contributed by atoms with E-state index in [4.69, 9.17) is 10.2 Å². The van der Waals surface area contributed by atoms with Gasteiger partial charge in [0.2, 0.25) is 0 Å². The van der Waals surface area contributed by atoms with Gasteiger partial charge in [-0.2, -0.15) is 0 Å². The maximum atomic E-state index is 8.24. The van der Waals surface area contributed by atoms with Gasteiger partial charge in [0.1, 0.15) is 3.23 Å². The molecule has 48 valence electrons. The standard InChI is InChI=1S/C4H6Br2O2/c1-4(5,6)2-3(7)8/h2,7-8H,1H3. The summed E-state index contributed by atoms with van der Waals surface area (Å²) in [7, 11) is 0. The second-order valence-electron chi connectivity index (χ2n) is 1.46. The van der Waals surface area contributed by atoms with Crippen LogP contribution in [-0.4, -0.2) is 13.4 Å². The maximum Gasteiger partial charge on any atom is 0.272 e. The van der Waals surface area contributed by atoms with E-state index in [9.17, 15) is 0 Å². The van der Waals surface area contributed by atoms with Crippen LogP contribution >= 0.6 is 31.9 Å². The summed E-state index contributed by atoms with van der Waals surface area (Å²) in [5, 5.41) is 16.5. The topological polar surface area (TPSA) is 40.5 Å². The summed E-state index contributed by atoms with van der Waals surface area (Å²) < 4.78 is -0.515. The molecule has 0 rings (SSSR count). The molecule has 0 amide bonds. The number of aliphatic hydroxyl groups is 2. The van der Waals surface area contributed by atoms with Gasteiger partial charge in [0.05, 0.1) is 0 Å². The molecular weight excluding hydrogens is 240 g/mol. The lowest BCUT2D eigenvalue weighted by Crippen LogP contribution is -1.99. The van der Waals surface area contributed by atoms with Crippen molar-refractivity contribution in [3.8, 4) is 0 Å². The first-order valence-corrected chi connectivity index (χ1v) is 3.49. The fourth-order valence-electron chi connectivity index (χ4n) is 0.227. The minimum atomic E-state index is -0.693. The molecule has 0 aliphatic rings. The quantitative estimate of drug-likeness (QED) is 0.551. The van der Waals surface area contributed by atoms with Gasteiger partial charge >= 0.3 is 0 Å².